The van der Waals surface area contributed by atoms with E-state index in [9.17, 15) is 0 Å². The standard InChI is InChI=1S/C11H15NS/c1-9-3-4-11-10(7-9)8-12-5-6-13(11)2/h3-4,7,12H,2,5-6,8H2,1H3. The first-order valence-corrected chi connectivity index (χ1v) is 6.14. The quantitative estimate of drug-likeness (QED) is 0.623. The Hall–Kier alpha value is -0.600. The van der Waals surface area contributed by atoms with Gasteiger partial charge in [-0.05, 0) is 18.6 Å². The summed E-state index contributed by atoms with van der Waals surface area (Å²) in [4.78, 5) is 1.45. The van der Waals surface area contributed by atoms with Crippen LogP contribution in [0.1, 0.15) is 11.1 Å². The zero-order valence-corrected chi connectivity index (χ0v) is 8.79. The molecule has 0 aromatic heterocycles. The van der Waals surface area contributed by atoms with Gasteiger partial charge in [0.15, 0.2) is 0 Å². The van der Waals surface area contributed by atoms with Crippen LogP contribution in [0.5, 0.6) is 0 Å². The Bertz CT molecular complexity index is 344. The van der Waals surface area contributed by atoms with Crippen LogP contribution < -0.4 is 5.32 Å². The fourth-order valence-corrected chi connectivity index (χ4v) is 3.03. The van der Waals surface area contributed by atoms with Gasteiger partial charge in [-0.2, -0.15) is 10.5 Å². The number of hydrogen-bond donors (Lipinski definition) is 1. The molecule has 0 bridgehead atoms. The first-order chi connectivity index (χ1) is 6.27. The molecular weight excluding hydrogens is 178 g/mol. The number of fused-ring (bicyclic) bond motifs is 1. The van der Waals surface area contributed by atoms with Crippen molar-refractivity contribution >= 4 is 16.4 Å². The van der Waals surface area contributed by atoms with Gasteiger partial charge in [0.1, 0.15) is 0 Å². The number of aryl methyl sites for hydroxylation is 1. The van der Waals surface area contributed by atoms with Gasteiger partial charge in [-0.3, -0.25) is 0 Å². The molecule has 70 valence electrons. The van der Waals surface area contributed by atoms with Crippen LogP contribution in [0.4, 0.5) is 0 Å². The molecule has 0 radical (unpaired) electrons. The van der Waals surface area contributed by atoms with E-state index < -0.39 is 0 Å². The summed E-state index contributed by atoms with van der Waals surface area (Å²) in [6, 6.07) is 6.71. The SMILES string of the molecule is C=S1CCNCc2cc(C)ccc21. The lowest BCUT2D eigenvalue weighted by Gasteiger charge is -2.08. The maximum absolute atomic E-state index is 4.22. The molecular formula is C11H15NS. The fourth-order valence-electron chi connectivity index (χ4n) is 1.66. The van der Waals surface area contributed by atoms with Crippen LogP contribution in [-0.4, -0.2) is 18.2 Å². The first-order valence-electron chi connectivity index (χ1n) is 4.58. The van der Waals surface area contributed by atoms with Gasteiger partial charge in [-0.25, -0.2) is 0 Å². The maximum Gasteiger partial charge on any atom is 0.0216 e. The third-order valence-corrected chi connectivity index (χ3v) is 4.08. The lowest BCUT2D eigenvalue weighted by molar-refractivity contribution is 0.731. The Morgan fingerprint density at radius 1 is 1.46 bits per heavy atom. The summed E-state index contributed by atoms with van der Waals surface area (Å²) in [6.45, 7) is 4.25. The predicted molar refractivity (Wildman–Crippen MR) is 60.7 cm³/mol. The van der Waals surface area contributed by atoms with Crippen LogP contribution >= 0.6 is 10.5 Å². The average molecular weight is 193 g/mol. The third kappa shape index (κ3) is 1.84. The van der Waals surface area contributed by atoms with Crippen LogP contribution in [0, 0.1) is 6.92 Å². The Morgan fingerprint density at radius 3 is 3.15 bits per heavy atom. The molecule has 13 heavy (non-hydrogen) atoms. The first kappa shape index (κ1) is 8.97. The Kier molecular flexibility index (Phi) is 2.51. The van der Waals surface area contributed by atoms with Gasteiger partial charge in [-0.1, -0.05) is 23.6 Å². The van der Waals surface area contributed by atoms with Crippen molar-refractivity contribution in [3.63, 3.8) is 0 Å². The maximum atomic E-state index is 4.22. The largest absolute Gasteiger partial charge is 0.312 e. The highest BCUT2D eigenvalue weighted by Gasteiger charge is 2.08. The van der Waals surface area contributed by atoms with E-state index in [1.807, 2.05) is 0 Å². The summed E-state index contributed by atoms with van der Waals surface area (Å²) < 4.78 is 0. The number of nitrogens with one attached hydrogen (secondary N) is 1. The Labute approximate surface area is 82.1 Å². The lowest BCUT2D eigenvalue weighted by Crippen LogP contribution is -2.14. The van der Waals surface area contributed by atoms with Crippen LogP contribution in [-0.2, 0) is 6.54 Å². The summed E-state index contributed by atoms with van der Waals surface area (Å²) in [5.74, 6) is 5.39. The van der Waals surface area contributed by atoms with E-state index >= 15 is 0 Å². The second-order valence-electron chi connectivity index (χ2n) is 3.48. The molecule has 2 rings (SSSR count). The molecule has 0 saturated heterocycles. The van der Waals surface area contributed by atoms with Crippen LogP contribution in [0.3, 0.4) is 0 Å². The molecule has 0 amide bonds. The van der Waals surface area contributed by atoms with Crippen LogP contribution in [0.15, 0.2) is 23.1 Å². The third-order valence-electron chi connectivity index (χ3n) is 2.37. The number of hydrogen-bond acceptors (Lipinski definition) is 1. The number of rotatable bonds is 0. The zero-order valence-electron chi connectivity index (χ0n) is 7.97. The van der Waals surface area contributed by atoms with Gasteiger partial charge < -0.3 is 5.32 Å². The highest BCUT2D eigenvalue weighted by molar-refractivity contribution is 8.14. The molecule has 1 aromatic rings. The average Bonchev–Trinajstić information content (AvgIpc) is 2.28. The summed E-state index contributed by atoms with van der Waals surface area (Å²) in [5, 5.41) is 3.43. The monoisotopic (exact) mass is 193 g/mol. The molecule has 0 spiro atoms. The normalized spacial score (nSPS) is 22.1. The van der Waals surface area contributed by atoms with Crippen molar-refractivity contribution in [3.05, 3.63) is 29.3 Å². The van der Waals surface area contributed by atoms with Gasteiger partial charge in [0.2, 0.25) is 0 Å². The molecule has 0 saturated carbocycles. The highest BCUT2D eigenvalue weighted by Crippen LogP contribution is 2.30. The van der Waals surface area contributed by atoms with Crippen molar-refractivity contribution in [1.29, 1.82) is 0 Å². The van der Waals surface area contributed by atoms with E-state index in [-0.39, 0.29) is 10.5 Å². The molecule has 1 aliphatic rings. The second kappa shape index (κ2) is 3.64. The summed E-state index contributed by atoms with van der Waals surface area (Å²) >= 11 is 0. The van der Waals surface area contributed by atoms with Crippen molar-refractivity contribution in [1.82, 2.24) is 5.32 Å². The zero-order chi connectivity index (χ0) is 9.26. The van der Waals surface area contributed by atoms with Crippen LogP contribution in [0.25, 0.3) is 0 Å². The second-order valence-corrected chi connectivity index (χ2v) is 5.32. The molecule has 1 nitrogen and oxygen atoms in total. The minimum atomic E-state index is 0.197. The minimum absolute atomic E-state index is 0.197. The summed E-state index contributed by atoms with van der Waals surface area (Å²) in [5.41, 5.74) is 2.79. The topological polar surface area (TPSA) is 12.0 Å². The predicted octanol–water partition coefficient (Wildman–Crippen LogP) is 2.16. The van der Waals surface area contributed by atoms with Crippen molar-refractivity contribution in [2.75, 3.05) is 12.3 Å². The Morgan fingerprint density at radius 2 is 2.31 bits per heavy atom. The molecule has 1 aliphatic heterocycles. The van der Waals surface area contributed by atoms with Crippen molar-refractivity contribution in [2.45, 2.75) is 18.4 Å². The van der Waals surface area contributed by atoms with E-state index in [0.717, 1.165) is 13.1 Å². The molecule has 1 heterocycles. The smallest absolute Gasteiger partial charge is 0.0216 e. The molecule has 0 fully saturated rings. The summed E-state index contributed by atoms with van der Waals surface area (Å²) in [6.07, 6.45) is 0. The molecule has 1 N–H and O–H groups in total. The fraction of sp³-hybridized carbons (Fsp3) is 0.364. The number of benzene rings is 1. The van der Waals surface area contributed by atoms with Gasteiger partial charge in [-0.15, -0.1) is 0 Å². The van der Waals surface area contributed by atoms with Gasteiger partial charge in [0.25, 0.3) is 0 Å². The molecule has 2 heteroatoms. The van der Waals surface area contributed by atoms with Crippen molar-refractivity contribution in [2.24, 2.45) is 0 Å². The van der Waals surface area contributed by atoms with Crippen molar-refractivity contribution < 1.29 is 0 Å². The van der Waals surface area contributed by atoms with E-state index in [0.29, 0.717) is 0 Å². The van der Waals surface area contributed by atoms with E-state index in [1.54, 1.807) is 0 Å². The van der Waals surface area contributed by atoms with Crippen molar-refractivity contribution in [3.8, 4) is 0 Å². The van der Waals surface area contributed by atoms with E-state index in [4.69, 9.17) is 0 Å². The lowest BCUT2D eigenvalue weighted by atomic mass is 10.1. The highest BCUT2D eigenvalue weighted by atomic mass is 32.2. The molecule has 1 aromatic carbocycles. The van der Waals surface area contributed by atoms with E-state index in [2.05, 4.69) is 36.3 Å². The Balaban J connectivity index is 2.48. The van der Waals surface area contributed by atoms with E-state index in [1.165, 1.54) is 21.8 Å². The van der Waals surface area contributed by atoms with Gasteiger partial charge >= 0.3 is 0 Å². The van der Waals surface area contributed by atoms with Crippen LogP contribution in [0.2, 0.25) is 0 Å². The molecule has 1 unspecified atom stereocenters. The minimum Gasteiger partial charge on any atom is -0.312 e. The van der Waals surface area contributed by atoms with Gasteiger partial charge in [0.05, 0.1) is 0 Å². The molecule has 1 atom stereocenters. The molecule has 0 aliphatic carbocycles. The summed E-state index contributed by atoms with van der Waals surface area (Å²) in [7, 11) is 0.197. The van der Waals surface area contributed by atoms with Gasteiger partial charge in [0, 0.05) is 23.7 Å².